The van der Waals surface area contributed by atoms with Crippen molar-refractivity contribution in [1.29, 1.82) is 0 Å². The maximum atomic E-state index is 13.4. The van der Waals surface area contributed by atoms with E-state index in [1.807, 2.05) is 29.2 Å². The van der Waals surface area contributed by atoms with Gasteiger partial charge in [-0.25, -0.2) is 29.9 Å². The molecular weight excluding hydrogens is 898 g/mol. The first kappa shape index (κ1) is 52.5. The van der Waals surface area contributed by atoms with Crippen molar-refractivity contribution in [3.8, 4) is 0 Å². The highest BCUT2D eigenvalue weighted by molar-refractivity contribution is 6.28. The third kappa shape index (κ3) is 15.6. The lowest BCUT2D eigenvalue weighted by Crippen LogP contribution is -2.46. The third-order valence-corrected chi connectivity index (χ3v) is 14.9. The summed E-state index contributed by atoms with van der Waals surface area (Å²) < 4.78 is 0. The number of benzene rings is 4. The second-order valence-electron chi connectivity index (χ2n) is 19.3. The molecule has 3 saturated carbocycles. The van der Waals surface area contributed by atoms with Gasteiger partial charge in [-0.3, -0.25) is 9.69 Å². The molecule has 10 rings (SSSR count). The highest BCUT2D eigenvalue weighted by atomic mass is 35.5. The van der Waals surface area contributed by atoms with Crippen molar-refractivity contribution < 1.29 is 4.79 Å². The summed E-state index contributed by atoms with van der Waals surface area (Å²) in [5, 5.41) is 3.73. The zero-order valence-electron chi connectivity index (χ0n) is 41.4. The molecular formula is C60H72ClN9O. The Morgan fingerprint density at radius 1 is 0.493 bits per heavy atom. The molecule has 71 heavy (non-hydrogen) atoms. The summed E-state index contributed by atoms with van der Waals surface area (Å²) >= 11 is 5.32. The molecule has 3 N–H and O–H groups in total. The molecule has 1 amide bonds. The van der Waals surface area contributed by atoms with E-state index in [9.17, 15) is 4.79 Å². The number of hydrogen-bond donors (Lipinski definition) is 2. The van der Waals surface area contributed by atoms with Crippen LogP contribution < -0.4 is 16.0 Å². The molecule has 10 nitrogen and oxygen atoms in total. The Kier molecular flexibility index (Phi) is 20.6. The molecule has 3 fully saturated rings. The first-order valence-electron chi connectivity index (χ1n) is 25.8. The van der Waals surface area contributed by atoms with E-state index in [2.05, 4.69) is 138 Å². The van der Waals surface area contributed by atoms with Crippen LogP contribution in [0.25, 0.3) is 0 Å². The van der Waals surface area contributed by atoms with Crippen LogP contribution in [0.2, 0.25) is 5.28 Å². The van der Waals surface area contributed by atoms with Gasteiger partial charge in [0.1, 0.15) is 0 Å². The summed E-state index contributed by atoms with van der Waals surface area (Å²) in [4.78, 5) is 39.9. The molecule has 4 aromatic carbocycles. The molecule has 0 spiro atoms. The number of aromatic nitrogens is 6. The van der Waals surface area contributed by atoms with Gasteiger partial charge >= 0.3 is 0 Å². The van der Waals surface area contributed by atoms with Crippen molar-refractivity contribution in [2.24, 2.45) is 5.73 Å². The van der Waals surface area contributed by atoms with Crippen LogP contribution in [0.1, 0.15) is 125 Å². The van der Waals surface area contributed by atoms with Crippen molar-refractivity contribution in [2.75, 3.05) is 29.9 Å². The largest absolute Gasteiger partial charge is 0.353 e. The van der Waals surface area contributed by atoms with E-state index in [0.29, 0.717) is 29.6 Å². The monoisotopic (exact) mass is 970 g/mol. The normalized spacial score (nSPS) is 16.4. The highest BCUT2D eigenvalue weighted by Gasteiger charge is 2.38. The number of carbonyl (C=O) groups is 1. The number of nitrogens with one attached hydrogen (secondary N) is 1. The van der Waals surface area contributed by atoms with Gasteiger partial charge in [0.15, 0.2) is 0 Å². The number of amides is 1. The van der Waals surface area contributed by atoms with Gasteiger partial charge in [-0.05, 0) is 97.0 Å². The van der Waals surface area contributed by atoms with Crippen molar-refractivity contribution in [3.63, 3.8) is 0 Å². The predicted octanol–water partition coefficient (Wildman–Crippen LogP) is 13.1. The Labute approximate surface area is 427 Å². The second-order valence-corrected chi connectivity index (χ2v) is 19.6. The van der Waals surface area contributed by atoms with Crippen molar-refractivity contribution in [1.82, 2.24) is 29.9 Å². The number of rotatable bonds is 13. The average Bonchev–Trinajstić information content (AvgIpc) is 3.46. The van der Waals surface area contributed by atoms with Gasteiger partial charge in [-0.15, -0.1) is 0 Å². The fourth-order valence-corrected chi connectivity index (χ4v) is 10.8. The van der Waals surface area contributed by atoms with Crippen molar-refractivity contribution in [2.45, 2.75) is 125 Å². The molecule has 0 radical (unpaired) electrons. The summed E-state index contributed by atoms with van der Waals surface area (Å²) in [6, 6.07) is 47.9. The van der Waals surface area contributed by atoms with Crippen LogP contribution in [-0.4, -0.2) is 55.4 Å². The molecule has 3 aromatic heterocycles. The number of hydrogen-bond acceptors (Lipinski definition) is 9. The quantitative estimate of drug-likeness (QED) is 0.108. The Morgan fingerprint density at radius 3 is 1.34 bits per heavy atom. The van der Waals surface area contributed by atoms with E-state index in [1.54, 1.807) is 49.3 Å². The van der Waals surface area contributed by atoms with E-state index in [4.69, 9.17) is 17.3 Å². The first-order chi connectivity index (χ1) is 34.9. The summed E-state index contributed by atoms with van der Waals surface area (Å²) in [6.07, 6.45) is 30.3. The third-order valence-electron chi connectivity index (χ3n) is 14.7. The first-order valence-corrected chi connectivity index (χ1v) is 26.2. The van der Waals surface area contributed by atoms with Gasteiger partial charge in [-0.2, -0.15) is 0 Å². The SMILES string of the molecule is Clc1ncccn1.NCC1(c2ccccc2)CCCCC1.O=C(CCc1ccccc1)N(CC1(c2ccccc2)CCCCC1)c1ncccn1.c1ccc(C2(CNc3ncccn3)CCCCC2)cc1. The van der Waals surface area contributed by atoms with E-state index in [0.717, 1.165) is 38.3 Å². The fourth-order valence-electron chi connectivity index (χ4n) is 10.7. The van der Waals surface area contributed by atoms with Gasteiger partial charge in [-0.1, -0.05) is 179 Å². The Balaban J connectivity index is 0.000000155. The number of anilines is 2. The zero-order chi connectivity index (χ0) is 49.3. The highest BCUT2D eigenvalue weighted by Crippen LogP contribution is 2.42. The lowest BCUT2D eigenvalue weighted by atomic mass is 9.69. The molecule has 0 unspecified atom stereocenters. The number of nitrogens with zero attached hydrogens (tertiary/aromatic N) is 7. The topological polar surface area (TPSA) is 136 Å². The van der Waals surface area contributed by atoms with E-state index >= 15 is 0 Å². The van der Waals surface area contributed by atoms with Crippen LogP contribution >= 0.6 is 11.6 Å². The van der Waals surface area contributed by atoms with Crippen LogP contribution in [0.4, 0.5) is 11.9 Å². The minimum Gasteiger partial charge on any atom is -0.353 e. The Hall–Kier alpha value is -6.36. The van der Waals surface area contributed by atoms with Crippen molar-refractivity contribution >= 4 is 29.4 Å². The summed E-state index contributed by atoms with van der Waals surface area (Å²) in [6.45, 7) is 2.35. The van der Waals surface area contributed by atoms with Crippen LogP contribution in [0.15, 0.2) is 177 Å². The molecule has 3 aliphatic rings. The molecule has 0 aliphatic heterocycles. The van der Waals surface area contributed by atoms with Gasteiger partial charge < -0.3 is 11.1 Å². The number of halogens is 1. The van der Waals surface area contributed by atoms with E-state index < -0.39 is 0 Å². The molecule has 3 heterocycles. The van der Waals surface area contributed by atoms with Gasteiger partial charge in [0.25, 0.3) is 0 Å². The lowest BCUT2D eigenvalue weighted by molar-refractivity contribution is -0.119. The Bertz CT molecular complexity index is 2510. The van der Waals surface area contributed by atoms with Gasteiger partial charge in [0, 0.05) is 79.5 Å². The standard InChI is InChI=1S/C26H29N3O.C17H21N3.C13H19N.C4H3ClN2/c30-24(16-15-22-11-4-1-5-12-22)29(25-27-19-10-20-28-25)21-26(17-8-3-9-18-26)23-13-6-2-7-14-23;1-3-8-15(9-4-1)17(10-5-2-6-11-17)14-20-16-18-12-7-13-19-16;14-11-13(9-5-2-6-10-13)12-7-3-1-4-8-12;5-4-6-2-1-3-7-4/h1-2,4-7,10-14,19-20H,3,8-9,15-18,21H2;1,3-4,7-9,12-13H,2,5-6,10-11,14H2,(H,18,19,20);1,3-4,7-8H,2,5-6,9-11,14H2;1-3H. The van der Waals surface area contributed by atoms with Crippen LogP contribution in [0, 0.1) is 0 Å². The molecule has 370 valence electrons. The minimum atomic E-state index is -0.0406. The number of nitrogens with two attached hydrogens (primary N) is 1. The summed E-state index contributed by atoms with van der Waals surface area (Å²) in [7, 11) is 0. The fraction of sp³-hybridized carbons (Fsp3) is 0.383. The zero-order valence-corrected chi connectivity index (χ0v) is 42.1. The molecule has 0 saturated heterocycles. The summed E-state index contributed by atoms with van der Waals surface area (Å²) in [5.74, 6) is 1.33. The van der Waals surface area contributed by atoms with Crippen LogP contribution in [0.3, 0.4) is 0 Å². The summed E-state index contributed by atoms with van der Waals surface area (Å²) in [5.41, 5.74) is 11.8. The number of aryl methyl sites for hydroxylation is 1. The lowest BCUT2D eigenvalue weighted by Gasteiger charge is -2.41. The molecule has 7 aromatic rings. The molecule has 0 bridgehead atoms. The molecule has 0 atom stereocenters. The second kappa shape index (κ2) is 27.9. The molecule has 3 aliphatic carbocycles. The maximum absolute atomic E-state index is 13.4. The molecule has 11 heteroatoms. The van der Waals surface area contributed by atoms with Crippen LogP contribution in [-0.2, 0) is 27.5 Å². The van der Waals surface area contributed by atoms with Gasteiger partial charge in [0.05, 0.1) is 0 Å². The van der Waals surface area contributed by atoms with E-state index in [1.165, 1.54) is 106 Å². The minimum absolute atomic E-state index is 0.0406. The number of carbonyl (C=O) groups excluding carboxylic acids is 1. The van der Waals surface area contributed by atoms with E-state index in [-0.39, 0.29) is 16.7 Å². The van der Waals surface area contributed by atoms with Gasteiger partial charge in [0.2, 0.25) is 23.1 Å². The average molecular weight is 971 g/mol. The maximum Gasteiger partial charge on any atom is 0.232 e. The van der Waals surface area contributed by atoms with Crippen molar-refractivity contribution in [3.05, 3.63) is 204 Å². The van der Waals surface area contributed by atoms with Crippen LogP contribution in [0.5, 0.6) is 0 Å². The smallest absolute Gasteiger partial charge is 0.232 e. The Morgan fingerprint density at radius 2 is 0.887 bits per heavy atom. The predicted molar refractivity (Wildman–Crippen MR) is 289 cm³/mol.